The van der Waals surface area contributed by atoms with Crippen molar-refractivity contribution in [2.75, 3.05) is 30.4 Å². The number of halogens is 1. The zero-order valence-electron chi connectivity index (χ0n) is 18.3. The largest absolute Gasteiger partial charge is 0.386 e. The zero-order chi connectivity index (χ0) is 23.0. The Morgan fingerprint density at radius 1 is 1.15 bits per heavy atom. The molecule has 7 rings (SSSR count). The summed E-state index contributed by atoms with van der Waals surface area (Å²) in [6, 6.07) is 9.10. The first-order valence-electron chi connectivity index (χ1n) is 11.2. The van der Waals surface area contributed by atoms with Crippen molar-refractivity contribution < 1.29 is 4.39 Å². The van der Waals surface area contributed by atoms with Crippen LogP contribution in [0.4, 0.5) is 15.9 Å². The molecule has 34 heavy (non-hydrogen) atoms. The summed E-state index contributed by atoms with van der Waals surface area (Å²) in [5, 5.41) is 5.29. The molecule has 1 aliphatic carbocycles. The first-order chi connectivity index (χ1) is 16.6. The first kappa shape index (κ1) is 19.9. The van der Waals surface area contributed by atoms with Crippen molar-refractivity contribution in [2.24, 2.45) is 17.6 Å². The summed E-state index contributed by atoms with van der Waals surface area (Å²) in [7, 11) is 1.78. The number of hydrogen-bond acceptors (Lipinski definition) is 8. The zero-order valence-corrected chi connectivity index (χ0v) is 19.1. The smallest absolute Gasteiger partial charge is 0.196 e. The lowest BCUT2D eigenvalue weighted by Gasteiger charge is -2.21. The van der Waals surface area contributed by atoms with Crippen LogP contribution < -0.4 is 16.0 Å². The molecule has 1 aliphatic heterocycles. The van der Waals surface area contributed by atoms with Crippen LogP contribution in [0.5, 0.6) is 0 Å². The molecule has 4 N–H and O–H groups in total. The Labute approximate surface area is 198 Å². The van der Waals surface area contributed by atoms with E-state index in [-0.39, 0.29) is 11.9 Å². The minimum Gasteiger partial charge on any atom is -0.386 e. The standard InChI is InChI=1S/C24H21FN8S/c1-27-18-6-11(25)5-13-19-22(30-21(13)18)31-24(32-23(19)33-9-14-15(10-33)20(14)26)34-12-7-17-16(29-8-12)3-2-4-28-17/h2-8,14-15,20,27H,9-10,26H2,1H3,(H,30,31,32)/t14-,15+,20?. The van der Waals surface area contributed by atoms with Crippen LogP contribution in [0.1, 0.15) is 0 Å². The number of pyridine rings is 2. The Hall–Kier alpha value is -3.50. The van der Waals surface area contributed by atoms with Crippen LogP contribution in [0.2, 0.25) is 0 Å². The summed E-state index contributed by atoms with van der Waals surface area (Å²) in [5.41, 5.74) is 10.0. The van der Waals surface area contributed by atoms with Crippen LogP contribution in [0.15, 0.2) is 52.8 Å². The highest BCUT2D eigenvalue weighted by molar-refractivity contribution is 7.99. The van der Waals surface area contributed by atoms with Gasteiger partial charge in [-0.25, -0.2) is 14.4 Å². The molecule has 4 aromatic heterocycles. The van der Waals surface area contributed by atoms with Gasteiger partial charge in [0, 0.05) is 48.9 Å². The number of nitrogens with zero attached hydrogens (tertiary/aromatic N) is 5. The number of nitrogens with two attached hydrogens (primary N) is 1. The third-order valence-corrected chi connectivity index (χ3v) is 7.77. The molecule has 2 aliphatic rings. The average molecular weight is 473 g/mol. The van der Waals surface area contributed by atoms with E-state index in [0.29, 0.717) is 28.3 Å². The Balaban J connectivity index is 1.39. The SMILES string of the molecule is CNc1cc(F)cc2c1[nH]c1nc(Sc3cnc4cccnc4c3)nc(N3C[C@@H]4C(N)[C@@H]4C3)c12. The van der Waals surface area contributed by atoms with E-state index in [1.165, 1.54) is 17.8 Å². The van der Waals surface area contributed by atoms with Crippen LogP contribution in [0.3, 0.4) is 0 Å². The highest BCUT2D eigenvalue weighted by atomic mass is 32.2. The van der Waals surface area contributed by atoms with E-state index < -0.39 is 0 Å². The van der Waals surface area contributed by atoms with Crippen LogP contribution in [0, 0.1) is 17.7 Å². The van der Waals surface area contributed by atoms with E-state index in [1.807, 2.05) is 24.4 Å². The number of rotatable bonds is 4. The van der Waals surface area contributed by atoms with E-state index in [2.05, 4.69) is 25.2 Å². The summed E-state index contributed by atoms with van der Waals surface area (Å²) in [5.74, 6) is 1.50. The van der Waals surface area contributed by atoms with Gasteiger partial charge in [0.2, 0.25) is 0 Å². The Kier molecular flexibility index (Phi) is 4.25. The number of nitrogens with one attached hydrogen (secondary N) is 2. The van der Waals surface area contributed by atoms with Crippen molar-refractivity contribution in [3.8, 4) is 0 Å². The second-order valence-corrected chi connectivity index (χ2v) is 9.97. The predicted octanol–water partition coefficient (Wildman–Crippen LogP) is 3.78. The lowest BCUT2D eigenvalue weighted by atomic mass is 10.1. The second-order valence-electron chi connectivity index (χ2n) is 8.93. The molecule has 1 saturated carbocycles. The van der Waals surface area contributed by atoms with Gasteiger partial charge in [0.05, 0.1) is 27.6 Å². The lowest BCUT2D eigenvalue weighted by Crippen LogP contribution is -2.29. The van der Waals surface area contributed by atoms with Gasteiger partial charge < -0.3 is 20.9 Å². The normalized spacial score (nSPS) is 21.5. The number of hydrogen-bond donors (Lipinski definition) is 3. The number of fused-ring (bicyclic) bond motifs is 5. The molecule has 3 atom stereocenters. The van der Waals surface area contributed by atoms with Gasteiger partial charge >= 0.3 is 0 Å². The molecule has 0 radical (unpaired) electrons. The van der Waals surface area contributed by atoms with Crippen molar-refractivity contribution in [1.29, 1.82) is 0 Å². The van der Waals surface area contributed by atoms with Gasteiger partial charge in [-0.2, -0.15) is 0 Å². The van der Waals surface area contributed by atoms with E-state index in [9.17, 15) is 4.39 Å². The van der Waals surface area contributed by atoms with Crippen molar-refractivity contribution in [3.05, 3.63) is 48.5 Å². The van der Waals surface area contributed by atoms with Crippen molar-refractivity contribution in [3.63, 3.8) is 0 Å². The number of H-pyrrole nitrogens is 1. The Morgan fingerprint density at radius 3 is 2.82 bits per heavy atom. The highest BCUT2D eigenvalue weighted by Crippen LogP contribution is 2.47. The molecule has 1 unspecified atom stereocenters. The van der Waals surface area contributed by atoms with Crippen molar-refractivity contribution in [1.82, 2.24) is 24.9 Å². The van der Waals surface area contributed by atoms with Gasteiger partial charge in [-0.1, -0.05) is 0 Å². The molecular weight excluding hydrogens is 451 g/mol. The van der Waals surface area contributed by atoms with E-state index >= 15 is 0 Å². The fourth-order valence-electron chi connectivity index (χ4n) is 5.14. The van der Waals surface area contributed by atoms with Gasteiger partial charge in [0.25, 0.3) is 0 Å². The van der Waals surface area contributed by atoms with Crippen LogP contribution in [0.25, 0.3) is 33.0 Å². The monoisotopic (exact) mass is 472 g/mol. The molecule has 1 aromatic carbocycles. The molecule has 10 heteroatoms. The molecule has 170 valence electrons. The molecule has 0 spiro atoms. The molecule has 2 fully saturated rings. The molecular formula is C24H21FN8S. The number of aromatic amines is 1. The molecule has 5 heterocycles. The Morgan fingerprint density at radius 2 is 2.00 bits per heavy atom. The first-order valence-corrected chi connectivity index (χ1v) is 12.0. The van der Waals surface area contributed by atoms with Crippen LogP contribution in [-0.4, -0.2) is 51.1 Å². The van der Waals surface area contributed by atoms with Gasteiger partial charge in [-0.15, -0.1) is 0 Å². The quantitative estimate of drug-likeness (QED) is 0.339. The van der Waals surface area contributed by atoms with Gasteiger partial charge in [-0.05, 0) is 53.9 Å². The minimum atomic E-state index is -0.303. The fraction of sp³-hybridized carbons (Fsp3) is 0.250. The number of piperidine rings is 1. The van der Waals surface area contributed by atoms with Crippen LogP contribution in [-0.2, 0) is 0 Å². The van der Waals surface area contributed by atoms with Crippen molar-refractivity contribution >= 4 is 56.2 Å². The van der Waals surface area contributed by atoms with E-state index in [1.54, 1.807) is 19.3 Å². The molecule has 5 aromatic rings. The van der Waals surface area contributed by atoms with Crippen molar-refractivity contribution in [2.45, 2.75) is 16.1 Å². The van der Waals surface area contributed by atoms with Gasteiger partial charge in [-0.3, -0.25) is 9.97 Å². The molecule has 1 saturated heterocycles. The summed E-state index contributed by atoms with van der Waals surface area (Å²) < 4.78 is 14.5. The summed E-state index contributed by atoms with van der Waals surface area (Å²) in [6.07, 6.45) is 3.57. The Bertz CT molecular complexity index is 1590. The minimum absolute atomic E-state index is 0.273. The maximum absolute atomic E-state index is 14.5. The fourth-order valence-corrected chi connectivity index (χ4v) is 5.89. The van der Waals surface area contributed by atoms with Gasteiger partial charge in [0.15, 0.2) is 5.16 Å². The predicted molar refractivity (Wildman–Crippen MR) is 132 cm³/mol. The molecule has 8 nitrogen and oxygen atoms in total. The molecule has 0 amide bonds. The van der Waals surface area contributed by atoms with Crippen LogP contribution >= 0.6 is 11.8 Å². The average Bonchev–Trinajstić information content (AvgIpc) is 3.19. The van der Waals surface area contributed by atoms with Gasteiger partial charge in [0.1, 0.15) is 17.3 Å². The topological polar surface area (TPSA) is 109 Å². The summed E-state index contributed by atoms with van der Waals surface area (Å²) in [4.78, 5) is 25.3. The summed E-state index contributed by atoms with van der Waals surface area (Å²) >= 11 is 1.44. The highest BCUT2D eigenvalue weighted by Gasteiger charge is 2.54. The summed E-state index contributed by atoms with van der Waals surface area (Å²) in [6.45, 7) is 1.70. The molecule has 0 bridgehead atoms. The number of aromatic nitrogens is 5. The second kappa shape index (κ2) is 7.25. The number of anilines is 2. The maximum Gasteiger partial charge on any atom is 0.196 e. The number of benzene rings is 1. The van der Waals surface area contributed by atoms with E-state index in [4.69, 9.17) is 15.7 Å². The third kappa shape index (κ3) is 3.02. The third-order valence-electron chi connectivity index (χ3n) is 6.95. The van der Waals surface area contributed by atoms with E-state index in [0.717, 1.165) is 51.1 Å². The lowest BCUT2D eigenvalue weighted by molar-refractivity contribution is 0.630. The maximum atomic E-state index is 14.5.